The Morgan fingerprint density at radius 3 is 3.00 bits per heavy atom. The number of rotatable bonds is 4. The minimum absolute atomic E-state index is 0.337. The van der Waals surface area contributed by atoms with Crippen LogP contribution in [0.1, 0.15) is 24.1 Å². The van der Waals surface area contributed by atoms with E-state index in [4.69, 9.17) is 9.68 Å². The van der Waals surface area contributed by atoms with E-state index in [9.17, 15) is 0 Å². The molecule has 5 heteroatoms. The second-order valence-electron chi connectivity index (χ2n) is 3.75. The number of hydrogen-bond donors (Lipinski definition) is 1. The number of furan rings is 1. The number of nitrogens with zero attached hydrogens (tertiary/aromatic N) is 3. The van der Waals surface area contributed by atoms with Crippen LogP contribution in [0.25, 0.3) is 0 Å². The fourth-order valence-electron chi connectivity index (χ4n) is 1.66. The van der Waals surface area contributed by atoms with Crippen LogP contribution in [0.2, 0.25) is 0 Å². The third-order valence-corrected chi connectivity index (χ3v) is 2.47. The molecule has 0 aromatic carbocycles. The number of hydrogen-bond acceptors (Lipinski definition) is 4. The molecule has 0 fully saturated rings. The fraction of sp³-hybridized carbons (Fsp3) is 0.333. The fourth-order valence-corrected chi connectivity index (χ4v) is 1.66. The van der Waals surface area contributed by atoms with E-state index in [0.717, 1.165) is 23.6 Å². The van der Waals surface area contributed by atoms with E-state index in [2.05, 4.69) is 17.3 Å². The van der Waals surface area contributed by atoms with Gasteiger partial charge in [0.05, 0.1) is 17.9 Å². The molecule has 2 rings (SSSR count). The first-order chi connectivity index (χ1) is 8.22. The van der Waals surface area contributed by atoms with Crippen LogP contribution < -0.4 is 5.32 Å². The predicted octanol–water partition coefficient (Wildman–Crippen LogP) is 2.06. The molecule has 2 aromatic rings. The molecule has 1 N–H and O–H groups in total. The van der Waals surface area contributed by atoms with E-state index in [0.29, 0.717) is 12.3 Å². The second-order valence-corrected chi connectivity index (χ2v) is 3.75. The molecule has 0 radical (unpaired) electrons. The Balaban J connectivity index is 2.04. The van der Waals surface area contributed by atoms with Crippen LogP contribution in [0.5, 0.6) is 0 Å². The lowest BCUT2D eigenvalue weighted by atomic mass is 10.3. The molecular weight excluding hydrogens is 216 g/mol. The van der Waals surface area contributed by atoms with E-state index in [1.165, 1.54) is 0 Å². The predicted molar refractivity (Wildman–Crippen MR) is 63.3 cm³/mol. The molecule has 0 aliphatic heterocycles. The lowest BCUT2D eigenvalue weighted by Crippen LogP contribution is -1.99. The number of aryl methyl sites for hydroxylation is 2. The summed E-state index contributed by atoms with van der Waals surface area (Å²) in [5.74, 6) is 1.08. The molecule has 2 aromatic heterocycles. The van der Waals surface area contributed by atoms with Gasteiger partial charge in [0, 0.05) is 13.2 Å². The normalized spacial score (nSPS) is 10.2. The van der Waals surface area contributed by atoms with Gasteiger partial charge < -0.3 is 9.73 Å². The molecule has 88 valence electrons. The van der Waals surface area contributed by atoms with Crippen LogP contribution in [-0.4, -0.2) is 9.78 Å². The van der Waals surface area contributed by atoms with Crippen LogP contribution in [-0.2, 0) is 20.0 Å². The molecule has 0 saturated heterocycles. The van der Waals surface area contributed by atoms with Crippen molar-refractivity contribution < 1.29 is 4.42 Å². The molecule has 0 aliphatic carbocycles. The largest absolute Gasteiger partial charge is 0.449 e. The maximum atomic E-state index is 8.64. The molecule has 5 nitrogen and oxygen atoms in total. The summed E-state index contributed by atoms with van der Waals surface area (Å²) < 4.78 is 7.07. The van der Waals surface area contributed by atoms with Crippen molar-refractivity contribution in [1.29, 1.82) is 5.26 Å². The van der Waals surface area contributed by atoms with Crippen molar-refractivity contribution in [3.8, 4) is 6.07 Å². The highest BCUT2D eigenvalue weighted by Crippen LogP contribution is 2.15. The number of aromatic nitrogens is 2. The van der Waals surface area contributed by atoms with Gasteiger partial charge in [-0.1, -0.05) is 6.92 Å². The van der Waals surface area contributed by atoms with Gasteiger partial charge in [-0.05, 0) is 18.6 Å². The molecule has 0 unspecified atom stereocenters. The minimum atomic E-state index is 0.337. The Morgan fingerprint density at radius 1 is 1.53 bits per heavy atom. The smallest absolute Gasteiger partial charge is 0.203 e. The summed E-state index contributed by atoms with van der Waals surface area (Å²) in [6.45, 7) is 2.62. The van der Waals surface area contributed by atoms with Gasteiger partial charge in [-0.3, -0.25) is 4.68 Å². The van der Waals surface area contributed by atoms with Gasteiger partial charge in [-0.25, -0.2) is 0 Å². The van der Waals surface area contributed by atoms with E-state index in [1.54, 1.807) is 16.8 Å². The van der Waals surface area contributed by atoms with Gasteiger partial charge in [0.2, 0.25) is 5.76 Å². The molecule has 0 aliphatic rings. The summed E-state index contributed by atoms with van der Waals surface area (Å²) in [6.07, 6.45) is 2.82. The van der Waals surface area contributed by atoms with Crippen molar-refractivity contribution >= 4 is 5.69 Å². The molecular formula is C12H14N4O. The zero-order valence-electron chi connectivity index (χ0n) is 9.90. The van der Waals surface area contributed by atoms with Crippen LogP contribution >= 0.6 is 0 Å². The van der Waals surface area contributed by atoms with E-state index < -0.39 is 0 Å². The Bertz CT molecular complexity index is 547. The molecule has 0 atom stereocenters. The number of nitrogens with one attached hydrogen (secondary N) is 1. The average Bonchev–Trinajstić information content (AvgIpc) is 2.92. The highest BCUT2D eigenvalue weighted by atomic mass is 16.3. The zero-order chi connectivity index (χ0) is 12.3. The first-order valence-electron chi connectivity index (χ1n) is 5.48. The van der Waals surface area contributed by atoms with Gasteiger partial charge in [-0.2, -0.15) is 10.4 Å². The van der Waals surface area contributed by atoms with Crippen molar-refractivity contribution in [2.45, 2.75) is 19.9 Å². The Labute approximate surface area is 99.7 Å². The molecule has 0 spiro atoms. The Morgan fingerprint density at radius 2 is 2.35 bits per heavy atom. The summed E-state index contributed by atoms with van der Waals surface area (Å²) in [5.41, 5.74) is 2.03. The zero-order valence-corrected chi connectivity index (χ0v) is 9.90. The average molecular weight is 230 g/mol. The third kappa shape index (κ3) is 2.48. The summed E-state index contributed by atoms with van der Waals surface area (Å²) in [6, 6.07) is 5.43. The van der Waals surface area contributed by atoms with Crippen molar-refractivity contribution in [3.05, 3.63) is 35.5 Å². The first kappa shape index (κ1) is 11.3. The van der Waals surface area contributed by atoms with Gasteiger partial charge >= 0.3 is 0 Å². The lowest BCUT2D eigenvalue weighted by Gasteiger charge is -2.02. The summed E-state index contributed by atoms with van der Waals surface area (Å²) in [5, 5.41) is 16.2. The van der Waals surface area contributed by atoms with Gasteiger partial charge in [0.15, 0.2) is 0 Å². The SMILES string of the molecule is CCc1nn(C)cc1NCc1ccc(C#N)o1. The number of anilines is 1. The topological polar surface area (TPSA) is 66.8 Å². The summed E-state index contributed by atoms with van der Waals surface area (Å²) in [4.78, 5) is 0. The van der Waals surface area contributed by atoms with E-state index in [-0.39, 0.29) is 0 Å². The molecule has 0 bridgehead atoms. The highest BCUT2D eigenvalue weighted by Gasteiger charge is 2.06. The van der Waals surface area contributed by atoms with Crippen LogP contribution in [0.15, 0.2) is 22.7 Å². The Kier molecular flexibility index (Phi) is 3.15. The van der Waals surface area contributed by atoms with Gasteiger partial charge in [-0.15, -0.1) is 0 Å². The van der Waals surface area contributed by atoms with Crippen LogP contribution in [0, 0.1) is 11.3 Å². The van der Waals surface area contributed by atoms with E-state index in [1.807, 2.05) is 19.3 Å². The van der Waals surface area contributed by atoms with Gasteiger partial charge in [0.1, 0.15) is 11.8 Å². The van der Waals surface area contributed by atoms with Crippen molar-refractivity contribution in [2.24, 2.45) is 7.05 Å². The molecule has 2 heterocycles. The monoisotopic (exact) mass is 230 g/mol. The summed E-state index contributed by atoms with van der Waals surface area (Å²) >= 11 is 0. The Hall–Kier alpha value is -2.22. The van der Waals surface area contributed by atoms with Crippen molar-refractivity contribution in [1.82, 2.24) is 9.78 Å². The van der Waals surface area contributed by atoms with Crippen molar-refractivity contribution in [2.75, 3.05) is 5.32 Å². The third-order valence-electron chi connectivity index (χ3n) is 2.47. The number of nitriles is 1. The van der Waals surface area contributed by atoms with Crippen LogP contribution in [0.4, 0.5) is 5.69 Å². The molecule has 0 saturated carbocycles. The quantitative estimate of drug-likeness (QED) is 0.873. The lowest BCUT2D eigenvalue weighted by molar-refractivity contribution is 0.506. The highest BCUT2D eigenvalue weighted by molar-refractivity contribution is 5.46. The first-order valence-corrected chi connectivity index (χ1v) is 5.48. The summed E-state index contributed by atoms with van der Waals surface area (Å²) in [7, 11) is 1.89. The maximum absolute atomic E-state index is 8.64. The van der Waals surface area contributed by atoms with Gasteiger partial charge in [0.25, 0.3) is 0 Å². The van der Waals surface area contributed by atoms with Crippen LogP contribution in [0.3, 0.4) is 0 Å². The van der Waals surface area contributed by atoms with Crippen molar-refractivity contribution in [3.63, 3.8) is 0 Å². The standard InChI is InChI=1S/C12H14N4O/c1-3-11-12(8-16(2)15-11)14-7-10-5-4-9(6-13)17-10/h4-5,8,14H,3,7H2,1-2H3. The minimum Gasteiger partial charge on any atom is -0.449 e. The maximum Gasteiger partial charge on any atom is 0.203 e. The molecule has 0 amide bonds. The van der Waals surface area contributed by atoms with E-state index >= 15 is 0 Å². The molecule has 17 heavy (non-hydrogen) atoms. The second kappa shape index (κ2) is 4.74.